The fraction of sp³-hybridized carbons (Fsp3) is 0.192. The maximum absolute atomic E-state index is 15.1. The highest BCUT2D eigenvalue weighted by Crippen LogP contribution is 2.47. The second kappa shape index (κ2) is 9.50. The second-order valence-corrected chi connectivity index (χ2v) is 9.12. The van der Waals surface area contributed by atoms with Crippen LogP contribution in [0.15, 0.2) is 77.9 Å². The van der Waals surface area contributed by atoms with Gasteiger partial charge >= 0.3 is 0 Å². The van der Waals surface area contributed by atoms with Crippen molar-refractivity contribution in [2.24, 2.45) is 10.9 Å². The molecule has 1 amide bonds. The van der Waals surface area contributed by atoms with Crippen LogP contribution >= 0.6 is 11.8 Å². The number of hydrogen-bond donors (Lipinski definition) is 1. The maximum Gasteiger partial charge on any atom is 0.257 e. The molecule has 0 spiro atoms. The molecule has 178 valence electrons. The van der Waals surface area contributed by atoms with E-state index in [0.29, 0.717) is 28.1 Å². The van der Waals surface area contributed by atoms with Crippen molar-refractivity contribution in [2.45, 2.75) is 5.54 Å². The molecular formula is C26H21F2N3O3S. The van der Waals surface area contributed by atoms with Crippen molar-refractivity contribution < 1.29 is 23.0 Å². The summed E-state index contributed by atoms with van der Waals surface area (Å²) in [6.07, 6.45) is 3.53. The van der Waals surface area contributed by atoms with Gasteiger partial charge in [0.25, 0.3) is 5.91 Å². The summed E-state index contributed by atoms with van der Waals surface area (Å²) in [4.78, 5) is 21.7. The molecule has 2 unspecified atom stereocenters. The van der Waals surface area contributed by atoms with E-state index in [4.69, 9.17) is 14.5 Å². The second-order valence-electron chi connectivity index (χ2n) is 8.11. The number of aromatic nitrogens is 1. The lowest BCUT2D eigenvalue weighted by Crippen LogP contribution is -2.47. The standard InChI is InChI=1S/C26H21F2N3O3S/c1-33-23-10-7-17(13-29-23)22-11-18-14-35-25(30-24(32)16-5-3-2-4-6-16)31-26(18,15-34-22)20-9-8-19(27)12-21(20)28/h2-13,18H,14-15H2,1H3,(H,30,31,32). The Morgan fingerprint density at radius 1 is 1.17 bits per heavy atom. The van der Waals surface area contributed by atoms with Crippen LogP contribution in [0.5, 0.6) is 5.88 Å². The predicted octanol–water partition coefficient (Wildman–Crippen LogP) is 4.78. The van der Waals surface area contributed by atoms with Crippen molar-refractivity contribution in [1.29, 1.82) is 0 Å². The quantitative estimate of drug-likeness (QED) is 0.566. The van der Waals surface area contributed by atoms with E-state index in [-0.39, 0.29) is 24.0 Å². The van der Waals surface area contributed by atoms with Crippen LogP contribution in [0.25, 0.3) is 5.76 Å². The molecular weight excluding hydrogens is 472 g/mol. The van der Waals surface area contributed by atoms with E-state index in [1.54, 1.807) is 36.5 Å². The minimum atomic E-state index is -1.17. The first kappa shape index (κ1) is 23.0. The Bertz CT molecular complexity index is 1320. The normalized spacial score (nSPS) is 21.2. The van der Waals surface area contributed by atoms with Gasteiger partial charge in [0.15, 0.2) is 5.17 Å². The number of thioether (sulfide) groups is 1. The molecule has 0 saturated carbocycles. The lowest BCUT2D eigenvalue weighted by molar-refractivity contribution is 0.0975. The smallest absolute Gasteiger partial charge is 0.257 e. The molecule has 0 fully saturated rings. The molecule has 5 rings (SSSR count). The summed E-state index contributed by atoms with van der Waals surface area (Å²) in [5.41, 5.74) is 0.259. The number of aliphatic imine (C=N–C) groups is 1. The highest BCUT2D eigenvalue weighted by molar-refractivity contribution is 8.13. The van der Waals surface area contributed by atoms with Crippen LogP contribution < -0.4 is 10.1 Å². The molecule has 3 heterocycles. The van der Waals surface area contributed by atoms with Crippen molar-refractivity contribution >= 4 is 28.6 Å². The lowest BCUT2D eigenvalue weighted by atomic mass is 9.77. The van der Waals surface area contributed by atoms with Crippen molar-refractivity contribution in [3.63, 3.8) is 0 Å². The van der Waals surface area contributed by atoms with Crippen molar-refractivity contribution in [3.8, 4) is 5.88 Å². The van der Waals surface area contributed by atoms with Crippen LogP contribution in [0, 0.1) is 17.6 Å². The van der Waals surface area contributed by atoms with E-state index in [1.807, 2.05) is 18.2 Å². The molecule has 2 aromatic carbocycles. The fourth-order valence-electron chi connectivity index (χ4n) is 4.17. The van der Waals surface area contributed by atoms with Gasteiger partial charge in [0, 0.05) is 46.7 Å². The zero-order valence-electron chi connectivity index (χ0n) is 18.7. The highest BCUT2D eigenvalue weighted by atomic mass is 32.2. The highest BCUT2D eigenvalue weighted by Gasteiger charge is 2.48. The first-order chi connectivity index (χ1) is 17.0. The van der Waals surface area contributed by atoms with Crippen molar-refractivity contribution in [3.05, 3.63) is 101 Å². The van der Waals surface area contributed by atoms with Crippen molar-refractivity contribution in [2.75, 3.05) is 19.5 Å². The van der Waals surface area contributed by atoms with Gasteiger partial charge in [-0.2, -0.15) is 0 Å². The number of ether oxygens (including phenoxy) is 2. The number of amidine groups is 1. The SMILES string of the molecule is COc1ccc(C2=CC3CSC(NC(=O)c4ccccc4)=NC3(c3ccc(F)cc3F)CO2)cn1. The van der Waals surface area contributed by atoms with E-state index in [0.717, 1.165) is 11.6 Å². The molecule has 0 saturated heterocycles. The van der Waals surface area contributed by atoms with Crippen molar-refractivity contribution in [1.82, 2.24) is 10.3 Å². The molecule has 9 heteroatoms. The van der Waals surface area contributed by atoms with Gasteiger partial charge in [-0.1, -0.05) is 36.0 Å². The molecule has 0 aliphatic carbocycles. The molecule has 2 atom stereocenters. The Morgan fingerprint density at radius 2 is 2.00 bits per heavy atom. The van der Waals surface area contributed by atoms with Crippen LogP contribution in [0.2, 0.25) is 0 Å². The van der Waals surface area contributed by atoms with Gasteiger partial charge in [0.05, 0.1) is 7.11 Å². The summed E-state index contributed by atoms with van der Waals surface area (Å²) in [7, 11) is 1.54. The van der Waals surface area contributed by atoms with E-state index in [1.165, 1.54) is 31.0 Å². The fourth-order valence-corrected chi connectivity index (χ4v) is 5.28. The molecule has 35 heavy (non-hydrogen) atoms. The number of carbonyl (C=O) groups excluding carboxylic acids is 1. The van der Waals surface area contributed by atoms with E-state index >= 15 is 4.39 Å². The Morgan fingerprint density at radius 3 is 2.71 bits per heavy atom. The zero-order chi connectivity index (χ0) is 24.4. The number of pyridine rings is 1. The van der Waals surface area contributed by atoms with Crippen LogP contribution in [0.4, 0.5) is 8.78 Å². The molecule has 2 aliphatic rings. The van der Waals surface area contributed by atoms with Gasteiger partial charge in [0.2, 0.25) is 5.88 Å². The van der Waals surface area contributed by atoms with Gasteiger partial charge in [-0.3, -0.25) is 4.79 Å². The first-order valence-corrected chi connectivity index (χ1v) is 11.9. The van der Waals surface area contributed by atoms with Crippen LogP contribution in [0.3, 0.4) is 0 Å². The summed E-state index contributed by atoms with van der Waals surface area (Å²) >= 11 is 1.36. The summed E-state index contributed by atoms with van der Waals surface area (Å²) < 4.78 is 40.0. The Hall–Kier alpha value is -3.72. The van der Waals surface area contributed by atoms with E-state index in [2.05, 4.69) is 10.3 Å². The number of nitrogens with one attached hydrogen (secondary N) is 1. The molecule has 0 bridgehead atoms. The Kier molecular flexibility index (Phi) is 6.25. The number of methoxy groups -OCH3 is 1. The van der Waals surface area contributed by atoms with Gasteiger partial charge in [0.1, 0.15) is 29.5 Å². The summed E-state index contributed by atoms with van der Waals surface area (Å²) in [6.45, 7) is 0.00332. The minimum Gasteiger partial charge on any atom is -0.490 e. The third-order valence-electron chi connectivity index (χ3n) is 6.00. The number of carbonyl (C=O) groups is 1. The average molecular weight is 494 g/mol. The largest absolute Gasteiger partial charge is 0.490 e. The minimum absolute atomic E-state index is 0.00332. The Labute approximate surface area is 205 Å². The van der Waals surface area contributed by atoms with Gasteiger partial charge in [-0.05, 0) is 30.3 Å². The topological polar surface area (TPSA) is 72.8 Å². The predicted molar refractivity (Wildman–Crippen MR) is 130 cm³/mol. The number of amides is 1. The number of rotatable bonds is 4. The van der Waals surface area contributed by atoms with E-state index in [9.17, 15) is 9.18 Å². The lowest BCUT2D eigenvalue weighted by Gasteiger charge is -2.43. The Balaban J connectivity index is 1.53. The van der Waals surface area contributed by atoms with Gasteiger partial charge in [-0.15, -0.1) is 0 Å². The molecule has 0 radical (unpaired) electrons. The molecule has 2 aliphatic heterocycles. The summed E-state index contributed by atoms with van der Waals surface area (Å²) in [6, 6.07) is 15.8. The first-order valence-electron chi connectivity index (χ1n) is 10.9. The monoisotopic (exact) mass is 493 g/mol. The average Bonchev–Trinajstić information content (AvgIpc) is 2.88. The molecule has 3 aromatic rings. The summed E-state index contributed by atoms with van der Waals surface area (Å²) in [5.74, 6) is -0.422. The molecule has 1 aromatic heterocycles. The van der Waals surface area contributed by atoms with Crippen LogP contribution in [0.1, 0.15) is 21.5 Å². The summed E-state index contributed by atoms with van der Waals surface area (Å²) in [5, 5.41) is 3.18. The number of halogens is 2. The maximum atomic E-state index is 15.1. The number of nitrogens with zero attached hydrogens (tertiary/aromatic N) is 2. The molecule has 6 nitrogen and oxygen atoms in total. The third kappa shape index (κ3) is 4.51. The number of hydrogen-bond acceptors (Lipinski definition) is 6. The number of fused-ring (bicyclic) bond motifs is 1. The van der Waals surface area contributed by atoms with Crippen LogP contribution in [-0.4, -0.2) is 35.5 Å². The van der Waals surface area contributed by atoms with Crippen LogP contribution in [-0.2, 0) is 10.3 Å². The van der Waals surface area contributed by atoms with Gasteiger partial charge in [-0.25, -0.2) is 18.8 Å². The van der Waals surface area contributed by atoms with Gasteiger partial charge < -0.3 is 14.8 Å². The molecule has 1 N–H and O–H groups in total. The zero-order valence-corrected chi connectivity index (χ0v) is 19.5. The third-order valence-corrected chi connectivity index (χ3v) is 6.99. The number of benzene rings is 2. The van der Waals surface area contributed by atoms with E-state index < -0.39 is 17.2 Å².